The molecule has 2 aromatic heterocycles. The molecule has 0 spiro atoms. The van der Waals surface area contributed by atoms with Crippen LogP contribution in [0.2, 0.25) is 0 Å². The van der Waals surface area contributed by atoms with Gasteiger partial charge in [0.25, 0.3) is 5.91 Å². The first-order chi connectivity index (χ1) is 13.2. The van der Waals surface area contributed by atoms with E-state index in [1.165, 1.54) is 11.5 Å². The molecule has 27 heavy (non-hydrogen) atoms. The molecule has 0 bridgehead atoms. The van der Waals surface area contributed by atoms with E-state index in [1.807, 2.05) is 41.5 Å². The lowest BCUT2D eigenvalue weighted by Gasteiger charge is -2.31. The predicted octanol–water partition coefficient (Wildman–Crippen LogP) is 4.60. The molecule has 1 fully saturated rings. The number of hydrogen-bond acceptors (Lipinski definition) is 6. The van der Waals surface area contributed by atoms with Gasteiger partial charge in [-0.05, 0) is 43.4 Å². The maximum absolute atomic E-state index is 12.7. The fraction of sp³-hybridized carbons (Fsp3) is 0.350. The van der Waals surface area contributed by atoms with E-state index in [1.54, 1.807) is 18.4 Å². The van der Waals surface area contributed by atoms with Gasteiger partial charge < -0.3 is 9.64 Å². The minimum atomic E-state index is 0.105. The molecule has 7 heteroatoms. The molecule has 3 heterocycles. The van der Waals surface area contributed by atoms with Crippen LogP contribution in [0.25, 0.3) is 11.3 Å². The van der Waals surface area contributed by atoms with Crippen molar-refractivity contribution in [3.05, 3.63) is 51.3 Å². The minimum Gasteiger partial charge on any atom is -0.496 e. The minimum absolute atomic E-state index is 0.105. The molecule has 0 radical (unpaired) electrons. The van der Waals surface area contributed by atoms with Crippen LogP contribution in [-0.4, -0.2) is 40.4 Å². The Kier molecular flexibility index (Phi) is 5.22. The molecule has 5 nitrogen and oxygen atoms in total. The Morgan fingerprint density at radius 3 is 2.70 bits per heavy atom. The molecule has 0 aliphatic carbocycles. The normalized spacial score (nSPS) is 15.1. The van der Waals surface area contributed by atoms with Crippen molar-refractivity contribution in [3.8, 4) is 17.0 Å². The lowest BCUT2D eigenvalue weighted by molar-refractivity contribution is 0.0712. The molecule has 1 aromatic carbocycles. The third kappa shape index (κ3) is 3.61. The number of carbonyl (C=O) groups is 1. The van der Waals surface area contributed by atoms with Crippen LogP contribution in [0.1, 0.15) is 39.8 Å². The quantitative estimate of drug-likeness (QED) is 0.643. The summed E-state index contributed by atoms with van der Waals surface area (Å²) in [5.74, 6) is 1.35. The molecule has 0 atom stereocenters. The number of aryl methyl sites for hydroxylation is 1. The Labute approximate surface area is 166 Å². The second-order valence-electron chi connectivity index (χ2n) is 6.65. The smallest absolute Gasteiger partial charge is 0.256 e. The predicted molar refractivity (Wildman–Crippen MR) is 109 cm³/mol. The largest absolute Gasteiger partial charge is 0.496 e. The zero-order valence-electron chi connectivity index (χ0n) is 15.3. The van der Waals surface area contributed by atoms with Gasteiger partial charge in [0.15, 0.2) is 0 Å². The summed E-state index contributed by atoms with van der Waals surface area (Å²) in [6.45, 7) is 3.43. The highest BCUT2D eigenvalue weighted by atomic mass is 32.1. The zero-order valence-corrected chi connectivity index (χ0v) is 17.0. The molecular weight excluding hydrogens is 378 g/mol. The highest BCUT2D eigenvalue weighted by Gasteiger charge is 2.27. The third-order valence-corrected chi connectivity index (χ3v) is 6.74. The first-order valence-corrected chi connectivity index (χ1v) is 10.7. The van der Waals surface area contributed by atoms with Crippen molar-refractivity contribution in [2.45, 2.75) is 25.7 Å². The lowest BCUT2D eigenvalue weighted by Crippen LogP contribution is -2.38. The van der Waals surface area contributed by atoms with Crippen molar-refractivity contribution in [2.75, 3.05) is 20.2 Å². The topological polar surface area (TPSA) is 55.3 Å². The number of nitrogens with zero attached hydrogens (tertiary/aromatic N) is 3. The van der Waals surface area contributed by atoms with Gasteiger partial charge in [0.2, 0.25) is 0 Å². The van der Waals surface area contributed by atoms with Gasteiger partial charge in [-0.3, -0.25) is 4.79 Å². The van der Waals surface area contributed by atoms with Gasteiger partial charge in [0, 0.05) is 35.3 Å². The number of rotatable bonds is 4. The van der Waals surface area contributed by atoms with E-state index in [4.69, 9.17) is 9.72 Å². The van der Waals surface area contributed by atoms with Gasteiger partial charge in [0.05, 0.1) is 29.1 Å². The molecule has 0 unspecified atom stereocenters. The van der Waals surface area contributed by atoms with Crippen molar-refractivity contribution in [3.63, 3.8) is 0 Å². The van der Waals surface area contributed by atoms with Crippen molar-refractivity contribution in [2.24, 2.45) is 0 Å². The molecule has 1 saturated heterocycles. The molecular formula is C20H21N3O2S2. The van der Waals surface area contributed by atoms with E-state index in [9.17, 15) is 4.79 Å². The summed E-state index contributed by atoms with van der Waals surface area (Å²) >= 11 is 3.04. The molecule has 0 N–H and O–H groups in total. The van der Waals surface area contributed by atoms with Crippen molar-refractivity contribution in [1.29, 1.82) is 0 Å². The molecule has 4 rings (SSSR count). The zero-order chi connectivity index (χ0) is 18.8. The number of ether oxygens (including phenoxy) is 1. The van der Waals surface area contributed by atoms with Crippen LogP contribution in [0.4, 0.5) is 0 Å². The first kappa shape index (κ1) is 18.1. The van der Waals surface area contributed by atoms with Crippen LogP contribution in [0.15, 0.2) is 35.0 Å². The van der Waals surface area contributed by atoms with Crippen LogP contribution in [-0.2, 0) is 0 Å². The number of methoxy groups -OCH3 is 1. The Hall–Kier alpha value is -2.25. The summed E-state index contributed by atoms with van der Waals surface area (Å²) in [7, 11) is 1.68. The maximum atomic E-state index is 12.7. The number of thiazole rings is 1. The average Bonchev–Trinajstić information content (AvgIpc) is 3.37. The molecule has 1 amide bonds. The van der Waals surface area contributed by atoms with E-state index < -0.39 is 0 Å². The monoisotopic (exact) mass is 399 g/mol. The first-order valence-electron chi connectivity index (χ1n) is 8.96. The summed E-state index contributed by atoms with van der Waals surface area (Å²) in [4.78, 5) is 19.5. The van der Waals surface area contributed by atoms with E-state index >= 15 is 0 Å². The van der Waals surface area contributed by atoms with E-state index in [2.05, 4.69) is 9.75 Å². The average molecular weight is 400 g/mol. The fourth-order valence-electron chi connectivity index (χ4n) is 3.45. The van der Waals surface area contributed by atoms with Gasteiger partial charge in [-0.2, -0.15) is 4.37 Å². The van der Waals surface area contributed by atoms with Crippen molar-refractivity contribution < 1.29 is 9.53 Å². The number of carbonyl (C=O) groups excluding carboxylic acids is 1. The summed E-state index contributed by atoms with van der Waals surface area (Å²) in [5.41, 5.74) is 3.56. The highest BCUT2D eigenvalue weighted by Crippen LogP contribution is 2.36. The highest BCUT2D eigenvalue weighted by molar-refractivity contribution is 7.10. The number of amides is 1. The third-order valence-electron chi connectivity index (χ3n) is 5.02. The van der Waals surface area contributed by atoms with E-state index in [0.29, 0.717) is 5.92 Å². The Balaban J connectivity index is 1.44. The van der Waals surface area contributed by atoms with Crippen LogP contribution >= 0.6 is 22.9 Å². The van der Waals surface area contributed by atoms with Crippen molar-refractivity contribution in [1.82, 2.24) is 14.3 Å². The SMILES string of the molecule is COc1ccccc1-c1csc(C2CCN(C(=O)c3csnc3C)CC2)n1. The number of benzene rings is 1. The van der Waals surface area contributed by atoms with Gasteiger partial charge in [-0.1, -0.05) is 12.1 Å². The lowest BCUT2D eigenvalue weighted by atomic mass is 9.97. The Morgan fingerprint density at radius 1 is 1.22 bits per heavy atom. The number of hydrogen-bond donors (Lipinski definition) is 0. The van der Waals surface area contributed by atoms with Gasteiger partial charge >= 0.3 is 0 Å². The maximum Gasteiger partial charge on any atom is 0.256 e. The standard InChI is InChI=1S/C20H21N3O2S2/c1-13-16(11-27-22-13)20(24)23-9-7-14(8-10-23)19-21-17(12-26-19)15-5-3-4-6-18(15)25-2/h3-6,11-12,14H,7-10H2,1-2H3. The van der Waals surface area contributed by atoms with Gasteiger partial charge in [-0.25, -0.2) is 4.98 Å². The molecule has 140 valence electrons. The molecule has 1 aliphatic heterocycles. The van der Waals surface area contributed by atoms with Crippen LogP contribution < -0.4 is 4.74 Å². The van der Waals surface area contributed by atoms with Crippen LogP contribution in [0.5, 0.6) is 5.75 Å². The second kappa shape index (κ2) is 7.78. The molecule has 0 saturated carbocycles. The van der Waals surface area contributed by atoms with E-state index in [0.717, 1.165) is 59.2 Å². The van der Waals surface area contributed by atoms with E-state index in [-0.39, 0.29) is 5.91 Å². The van der Waals surface area contributed by atoms with Crippen molar-refractivity contribution >= 4 is 28.8 Å². The fourth-order valence-corrected chi connectivity index (χ4v) is 5.13. The number of likely N-dealkylation sites (tertiary alicyclic amines) is 1. The molecule has 3 aromatic rings. The Bertz CT molecular complexity index is 942. The van der Waals surface area contributed by atoms with Gasteiger partial charge in [0.1, 0.15) is 5.75 Å². The number of aromatic nitrogens is 2. The van der Waals surface area contributed by atoms with Gasteiger partial charge in [-0.15, -0.1) is 11.3 Å². The molecule has 1 aliphatic rings. The summed E-state index contributed by atoms with van der Waals surface area (Å²) < 4.78 is 9.67. The number of para-hydroxylation sites is 1. The summed E-state index contributed by atoms with van der Waals surface area (Å²) in [6.07, 6.45) is 1.89. The van der Waals surface area contributed by atoms with Crippen LogP contribution in [0.3, 0.4) is 0 Å². The summed E-state index contributed by atoms with van der Waals surface area (Å²) in [6, 6.07) is 7.96. The Morgan fingerprint density at radius 2 is 2.00 bits per heavy atom. The summed E-state index contributed by atoms with van der Waals surface area (Å²) in [5, 5.41) is 5.10. The number of piperidine rings is 1. The van der Waals surface area contributed by atoms with Crippen LogP contribution in [0, 0.1) is 6.92 Å². The second-order valence-corrected chi connectivity index (χ2v) is 8.17.